The molecule has 0 heterocycles. The number of nitrogens with one attached hydrogen (secondary N) is 1. The number of nitrogens with two attached hydrogens (primary N) is 1. The highest BCUT2D eigenvalue weighted by molar-refractivity contribution is 6.31. The molecule has 0 aliphatic rings. The van der Waals surface area contributed by atoms with Gasteiger partial charge in [0.1, 0.15) is 0 Å². The van der Waals surface area contributed by atoms with Gasteiger partial charge in [0.15, 0.2) is 0 Å². The highest BCUT2D eigenvalue weighted by Crippen LogP contribution is 2.14. The summed E-state index contributed by atoms with van der Waals surface area (Å²) in [5, 5.41) is 3.45. The van der Waals surface area contributed by atoms with Crippen LogP contribution in [-0.4, -0.2) is 11.9 Å². The summed E-state index contributed by atoms with van der Waals surface area (Å²) in [4.78, 5) is 11.7. The van der Waals surface area contributed by atoms with Crippen molar-refractivity contribution >= 4 is 17.5 Å². The van der Waals surface area contributed by atoms with Gasteiger partial charge in [-0.25, -0.2) is 0 Å². The van der Waals surface area contributed by atoms with Crippen LogP contribution in [0.4, 0.5) is 0 Å². The van der Waals surface area contributed by atoms with Crippen LogP contribution in [0.15, 0.2) is 24.3 Å². The van der Waals surface area contributed by atoms with Gasteiger partial charge in [-0.15, -0.1) is 0 Å². The second-order valence-corrected chi connectivity index (χ2v) is 4.95. The van der Waals surface area contributed by atoms with E-state index in [1.165, 1.54) is 0 Å². The standard InChI is InChI=1S/C13H19ClN2O/c1-9(2)7-12(15)13(17)16-8-10-5-3-4-6-11(10)14/h3-6,9,12H,7-8,15H2,1-2H3,(H,16,17)/t12-/m0/s1. The molecule has 1 atom stereocenters. The Morgan fingerprint density at radius 2 is 2.06 bits per heavy atom. The number of carbonyl (C=O) groups excluding carboxylic acids is 1. The Morgan fingerprint density at radius 3 is 2.65 bits per heavy atom. The third-order valence-corrected chi connectivity index (χ3v) is 2.84. The first-order valence-corrected chi connectivity index (χ1v) is 6.15. The first kappa shape index (κ1) is 14.0. The molecule has 0 saturated heterocycles. The van der Waals surface area contributed by atoms with Gasteiger partial charge in [0.25, 0.3) is 0 Å². The molecule has 3 nitrogen and oxygen atoms in total. The molecule has 4 heteroatoms. The molecule has 3 N–H and O–H groups in total. The van der Waals surface area contributed by atoms with Crippen molar-refractivity contribution in [2.45, 2.75) is 32.9 Å². The Bertz CT molecular complexity index is 379. The molecule has 0 saturated carbocycles. The lowest BCUT2D eigenvalue weighted by Gasteiger charge is -2.14. The van der Waals surface area contributed by atoms with Crippen LogP contribution in [0.5, 0.6) is 0 Å². The molecule has 0 spiro atoms. The van der Waals surface area contributed by atoms with Gasteiger partial charge in [-0.3, -0.25) is 4.79 Å². The Labute approximate surface area is 107 Å². The van der Waals surface area contributed by atoms with E-state index < -0.39 is 6.04 Å². The molecule has 0 bridgehead atoms. The molecule has 0 aliphatic carbocycles. The predicted octanol–water partition coefficient (Wildman–Crippen LogP) is 2.33. The smallest absolute Gasteiger partial charge is 0.237 e. The summed E-state index contributed by atoms with van der Waals surface area (Å²) in [6.45, 7) is 4.51. The summed E-state index contributed by atoms with van der Waals surface area (Å²) >= 11 is 5.99. The Morgan fingerprint density at radius 1 is 1.41 bits per heavy atom. The van der Waals surface area contributed by atoms with Crippen LogP contribution >= 0.6 is 11.6 Å². The molecule has 1 aromatic rings. The summed E-state index contributed by atoms with van der Waals surface area (Å²) in [6, 6.07) is 6.99. The lowest BCUT2D eigenvalue weighted by Crippen LogP contribution is -2.41. The van der Waals surface area contributed by atoms with Gasteiger partial charge in [-0.05, 0) is 24.0 Å². The number of halogens is 1. The van der Waals surface area contributed by atoms with Crippen molar-refractivity contribution in [3.05, 3.63) is 34.9 Å². The average Bonchev–Trinajstić information content (AvgIpc) is 2.26. The summed E-state index contributed by atoms with van der Waals surface area (Å²) in [7, 11) is 0. The van der Waals surface area contributed by atoms with Crippen molar-refractivity contribution in [3.8, 4) is 0 Å². The summed E-state index contributed by atoms with van der Waals surface area (Å²) in [6.07, 6.45) is 0.689. The van der Waals surface area contributed by atoms with Crippen molar-refractivity contribution in [1.29, 1.82) is 0 Å². The maximum absolute atomic E-state index is 11.7. The Balaban J connectivity index is 2.46. The first-order valence-electron chi connectivity index (χ1n) is 5.77. The van der Waals surface area contributed by atoms with E-state index in [2.05, 4.69) is 5.32 Å². The number of amides is 1. The molecule has 0 aromatic heterocycles. The molecule has 94 valence electrons. The van der Waals surface area contributed by atoms with Gasteiger partial charge in [-0.1, -0.05) is 43.6 Å². The molecule has 1 amide bonds. The zero-order valence-corrected chi connectivity index (χ0v) is 11.0. The summed E-state index contributed by atoms with van der Waals surface area (Å²) in [5.74, 6) is 0.287. The fourth-order valence-corrected chi connectivity index (χ4v) is 1.77. The van der Waals surface area contributed by atoms with E-state index in [9.17, 15) is 4.79 Å². The van der Waals surface area contributed by atoms with Crippen LogP contribution in [0.25, 0.3) is 0 Å². The fraction of sp³-hybridized carbons (Fsp3) is 0.462. The maximum atomic E-state index is 11.7. The zero-order valence-electron chi connectivity index (χ0n) is 10.2. The minimum Gasteiger partial charge on any atom is -0.351 e. The van der Waals surface area contributed by atoms with Gasteiger partial charge in [0.05, 0.1) is 6.04 Å². The average molecular weight is 255 g/mol. The molecule has 1 aromatic carbocycles. The molecule has 0 radical (unpaired) electrons. The lowest BCUT2D eigenvalue weighted by atomic mass is 10.0. The van der Waals surface area contributed by atoms with E-state index in [0.717, 1.165) is 5.56 Å². The summed E-state index contributed by atoms with van der Waals surface area (Å²) < 4.78 is 0. The first-order chi connectivity index (χ1) is 8.00. The fourth-order valence-electron chi connectivity index (χ4n) is 1.57. The van der Waals surface area contributed by atoms with E-state index in [-0.39, 0.29) is 5.91 Å². The largest absolute Gasteiger partial charge is 0.351 e. The van der Waals surface area contributed by atoms with Crippen molar-refractivity contribution in [2.24, 2.45) is 11.7 Å². The van der Waals surface area contributed by atoms with Gasteiger partial charge in [-0.2, -0.15) is 0 Å². The lowest BCUT2D eigenvalue weighted by molar-refractivity contribution is -0.122. The van der Waals surface area contributed by atoms with Gasteiger partial charge >= 0.3 is 0 Å². The van der Waals surface area contributed by atoms with Crippen molar-refractivity contribution in [2.75, 3.05) is 0 Å². The van der Waals surface area contributed by atoms with Gasteiger partial charge in [0, 0.05) is 11.6 Å². The second kappa shape index (κ2) is 6.62. The van der Waals surface area contributed by atoms with Crippen molar-refractivity contribution in [3.63, 3.8) is 0 Å². The van der Waals surface area contributed by atoms with E-state index in [1.807, 2.05) is 32.0 Å². The SMILES string of the molecule is CC(C)C[C@H](N)C(=O)NCc1ccccc1Cl. The number of benzene rings is 1. The highest BCUT2D eigenvalue weighted by atomic mass is 35.5. The number of rotatable bonds is 5. The quantitative estimate of drug-likeness (QED) is 0.847. The van der Waals surface area contributed by atoms with Crippen LogP contribution < -0.4 is 11.1 Å². The number of hydrogen-bond acceptors (Lipinski definition) is 2. The molecule has 17 heavy (non-hydrogen) atoms. The third kappa shape index (κ3) is 4.75. The highest BCUT2D eigenvalue weighted by Gasteiger charge is 2.14. The van der Waals surface area contributed by atoms with Gasteiger partial charge < -0.3 is 11.1 Å². The molecule has 1 rings (SSSR count). The van der Waals surface area contributed by atoms with E-state index in [4.69, 9.17) is 17.3 Å². The molecular formula is C13H19ClN2O. The topological polar surface area (TPSA) is 55.1 Å². The van der Waals surface area contributed by atoms with Gasteiger partial charge in [0.2, 0.25) is 5.91 Å². The normalized spacial score (nSPS) is 12.5. The zero-order chi connectivity index (χ0) is 12.8. The summed E-state index contributed by atoms with van der Waals surface area (Å²) in [5.41, 5.74) is 6.68. The van der Waals surface area contributed by atoms with Crippen LogP contribution in [0.3, 0.4) is 0 Å². The minimum absolute atomic E-state index is 0.126. The van der Waals surface area contributed by atoms with E-state index in [1.54, 1.807) is 6.07 Å². The van der Waals surface area contributed by atoms with Crippen LogP contribution in [0.1, 0.15) is 25.8 Å². The molecule has 0 unspecified atom stereocenters. The van der Waals surface area contributed by atoms with Crippen LogP contribution in [0, 0.1) is 5.92 Å². The third-order valence-electron chi connectivity index (χ3n) is 2.47. The molecule has 0 aliphatic heterocycles. The number of hydrogen-bond donors (Lipinski definition) is 2. The van der Waals surface area contributed by atoms with Crippen LogP contribution in [0.2, 0.25) is 5.02 Å². The van der Waals surface area contributed by atoms with Crippen molar-refractivity contribution in [1.82, 2.24) is 5.32 Å². The second-order valence-electron chi connectivity index (χ2n) is 4.55. The maximum Gasteiger partial charge on any atom is 0.237 e. The predicted molar refractivity (Wildman–Crippen MR) is 70.7 cm³/mol. The monoisotopic (exact) mass is 254 g/mol. The van der Waals surface area contributed by atoms with Crippen LogP contribution in [-0.2, 0) is 11.3 Å². The molecule has 0 fully saturated rings. The Kier molecular flexibility index (Phi) is 5.45. The number of carbonyl (C=O) groups is 1. The van der Waals surface area contributed by atoms with E-state index >= 15 is 0 Å². The Hall–Kier alpha value is -1.06. The minimum atomic E-state index is -0.447. The van der Waals surface area contributed by atoms with E-state index in [0.29, 0.717) is 23.9 Å². The van der Waals surface area contributed by atoms with Crippen molar-refractivity contribution < 1.29 is 4.79 Å². The molecular weight excluding hydrogens is 236 g/mol.